The van der Waals surface area contributed by atoms with Crippen LogP contribution in [0.4, 0.5) is 5.82 Å². The van der Waals surface area contributed by atoms with Gasteiger partial charge in [0.1, 0.15) is 5.82 Å². The molecule has 7 nitrogen and oxygen atoms in total. The van der Waals surface area contributed by atoms with E-state index in [9.17, 15) is 4.79 Å². The Kier molecular flexibility index (Phi) is 8.01. The second-order valence-corrected chi connectivity index (χ2v) is 8.21. The number of aromatic nitrogens is 1. The van der Waals surface area contributed by atoms with Crippen molar-refractivity contribution in [3.63, 3.8) is 0 Å². The lowest BCUT2D eigenvalue weighted by Gasteiger charge is -2.20. The number of carbonyl (C=O) groups is 1. The minimum Gasteiger partial charge on any atom is -0.377 e. The molecule has 0 saturated carbocycles. The highest BCUT2D eigenvalue weighted by Crippen LogP contribution is 2.22. The molecule has 30 heavy (non-hydrogen) atoms. The van der Waals surface area contributed by atoms with Crippen molar-refractivity contribution in [1.82, 2.24) is 15.6 Å². The maximum atomic E-state index is 12.7. The molecule has 3 rings (SSSR count). The number of nitrogens with zero attached hydrogens (tertiary/aromatic N) is 1. The number of nitrogens with one attached hydrogen (secondary N) is 3. The highest BCUT2D eigenvalue weighted by atomic mass is 16.5. The number of anilines is 1. The molecule has 164 valence electrons. The van der Waals surface area contributed by atoms with Gasteiger partial charge in [-0.3, -0.25) is 4.79 Å². The summed E-state index contributed by atoms with van der Waals surface area (Å²) in [5.74, 6) is 0.380. The summed E-state index contributed by atoms with van der Waals surface area (Å²) in [6, 6.07) is 8.34. The van der Waals surface area contributed by atoms with Gasteiger partial charge in [-0.25, -0.2) is 4.98 Å². The Balaban J connectivity index is 1.68. The first-order valence-electron chi connectivity index (χ1n) is 11.0. The standard InChI is InChI=1S/C23H35N5O2/c1-4-18(26-14-19-6-5-11-30-19)9-10-25-22-20(23(29)27-16(3)24)13-17-12-15(2)7-8-21(17)28-22/h7-8,12-13,16,18-19,26H,4-6,9-11,14,24H2,1-3H3,(H,25,28)(H,27,29). The minimum atomic E-state index is -0.426. The molecule has 5 N–H and O–H groups in total. The number of carbonyl (C=O) groups excluding carboxylic acids is 1. The van der Waals surface area contributed by atoms with E-state index in [1.165, 1.54) is 0 Å². The van der Waals surface area contributed by atoms with Gasteiger partial charge in [0.15, 0.2) is 0 Å². The lowest BCUT2D eigenvalue weighted by Crippen LogP contribution is -2.39. The Bertz CT molecular complexity index is 849. The van der Waals surface area contributed by atoms with E-state index in [2.05, 4.69) is 22.9 Å². The lowest BCUT2D eigenvalue weighted by atomic mass is 10.1. The Morgan fingerprint density at radius 3 is 2.90 bits per heavy atom. The maximum Gasteiger partial charge on any atom is 0.256 e. The van der Waals surface area contributed by atoms with Gasteiger partial charge in [0.25, 0.3) is 5.91 Å². The number of rotatable bonds is 10. The number of hydrogen-bond donors (Lipinski definition) is 4. The predicted molar refractivity (Wildman–Crippen MR) is 122 cm³/mol. The first-order chi connectivity index (χ1) is 14.5. The maximum absolute atomic E-state index is 12.7. The van der Waals surface area contributed by atoms with E-state index >= 15 is 0 Å². The zero-order chi connectivity index (χ0) is 21.5. The van der Waals surface area contributed by atoms with Gasteiger partial charge in [0.2, 0.25) is 0 Å². The third kappa shape index (κ3) is 6.14. The molecule has 3 atom stereocenters. The van der Waals surface area contributed by atoms with E-state index < -0.39 is 6.17 Å². The Morgan fingerprint density at radius 1 is 1.37 bits per heavy atom. The molecule has 1 aromatic heterocycles. The van der Waals surface area contributed by atoms with Crippen LogP contribution < -0.4 is 21.7 Å². The summed E-state index contributed by atoms with van der Waals surface area (Å²) in [7, 11) is 0. The van der Waals surface area contributed by atoms with E-state index in [-0.39, 0.29) is 5.91 Å². The van der Waals surface area contributed by atoms with E-state index in [1.807, 2.05) is 31.2 Å². The number of amides is 1. The highest BCUT2D eigenvalue weighted by Gasteiger charge is 2.18. The zero-order valence-corrected chi connectivity index (χ0v) is 18.3. The summed E-state index contributed by atoms with van der Waals surface area (Å²) in [5, 5.41) is 10.7. The summed E-state index contributed by atoms with van der Waals surface area (Å²) in [6.07, 6.45) is 4.18. The average molecular weight is 414 g/mol. The van der Waals surface area contributed by atoms with Crippen molar-refractivity contribution >= 4 is 22.6 Å². The minimum absolute atomic E-state index is 0.216. The van der Waals surface area contributed by atoms with Gasteiger partial charge in [0, 0.05) is 31.1 Å². The van der Waals surface area contributed by atoms with Crippen LogP contribution in [0.25, 0.3) is 10.9 Å². The van der Waals surface area contributed by atoms with Gasteiger partial charge in [-0.2, -0.15) is 0 Å². The summed E-state index contributed by atoms with van der Waals surface area (Å²) in [5.41, 5.74) is 8.28. The molecule has 1 aromatic carbocycles. The van der Waals surface area contributed by atoms with Crippen molar-refractivity contribution in [2.75, 3.05) is 25.0 Å². The Morgan fingerprint density at radius 2 is 2.20 bits per heavy atom. The van der Waals surface area contributed by atoms with Crippen LogP contribution in [-0.4, -0.2) is 48.9 Å². The quantitative estimate of drug-likeness (QED) is 0.447. The third-order valence-corrected chi connectivity index (χ3v) is 5.51. The monoisotopic (exact) mass is 413 g/mol. The highest BCUT2D eigenvalue weighted by molar-refractivity contribution is 6.02. The summed E-state index contributed by atoms with van der Waals surface area (Å²) in [6.45, 7) is 8.46. The largest absolute Gasteiger partial charge is 0.377 e. The normalized spacial score (nSPS) is 18.3. The summed E-state index contributed by atoms with van der Waals surface area (Å²) < 4.78 is 5.70. The van der Waals surface area contributed by atoms with Gasteiger partial charge < -0.3 is 26.4 Å². The fourth-order valence-corrected chi connectivity index (χ4v) is 3.81. The van der Waals surface area contributed by atoms with Crippen LogP contribution in [-0.2, 0) is 4.74 Å². The second-order valence-electron chi connectivity index (χ2n) is 8.21. The number of aryl methyl sites for hydroxylation is 1. The number of hydrogen-bond acceptors (Lipinski definition) is 6. The summed E-state index contributed by atoms with van der Waals surface area (Å²) in [4.78, 5) is 17.4. The first kappa shape index (κ1) is 22.5. The van der Waals surface area contributed by atoms with Crippen LogP contribution in [0.2, 0.25) is 0 Å². The second kappa shape index (κ2) is 10.7. The van der Waals surface area contributed by atoms with Crippen molar-refractivity contribution in [3.8, 4) is 0 Å². The third-order valence-electron chi connectivity index (χ3n) is 5.51. The lowest BCUT2D eigenvalue weighted by molar-refractivity contribution is 0.0942. The first-order valence-corrected chi connectivity index (χ1v) is 11.0. The van der Waals surface area contributed by atoms with E-state index in [4.69, 9.17) is 15.5 Å². The fraction of sp³-hybridized carbons (Fsp3) is 0.565. The molecule has 1 amide bonds. The molecule has 1 aliphatic rings. The number of fused-ring (bicyclic) bond motifs is 1. The number of nitrogens with two attached hydrogens (primary N) is 1. The molecule has 7 heteroatoms. The topological polar surface area (TPSA) is 101 Å². The summed E-state index contributed by atoms with van der Waals surface area (Å²) >= 11 is 0. The van der Waals surface area contributed by atoms with Crippen LogP contribution in [0.15, 0.2) is 24.3 Å². The van der Waals surface area contributed by atoms with Crippen LogP contribution in [0.3, 0.4) is 0 Å². The van der Waals surface area contributed by atoms with E-state index in [0.29, 0.717) is 23.5 Å². The molecule has 0 radical (unpaired) electrons. The molecule has 1 aliphatic heterocycles. The van der Waals surface area contributed by atoms with E-state index in [1.54, 1.807) is 6.92 Å². The molecule has 2 aromatic rings. The van der Waals surface area contributed by atoms with Crippen molar-refractivity contribution in [1.29, 1.82) is 0 Å². The van der Waals surface area contributed by atoms with Crippen LogP contribution in [0, 0.1) is 6.92 Å². The van der Waals surface area contributed by atoms with Gasteiger partial charge in [-0.1, -0.05) is 18.6 Å². The molecule has 3 unspecified atom stereocenters. The predicted octanol–water partition coefficient (Wildman–Crippen LogP) is 2.93. The van der Waals surface area contributed by atoms with Crippen LogP contribution >= 0.6 is 0 Å². The number of pyridine rings is 1. The molecular formula is C23H35N5O2. The Hall–Kier alpha value is -2.22. The zero-order valence-electron chi connectivity index (χ0n) is 18.3. The average Bonchev–Trinajstić information content (AvgIpc) is 3.23. The van der Waals surface area contributed by atoms with Gasteiger partial charge in [-0.15, -0.1) is 0 Å². The molecular weight excluding hydrogens is 378 g/mol. The van der Waals surface area contributed by atoms with E-state index in [0.717, 1.165) is 61.8 Å². The van der Waals surface area contributed by atoms with Crippen molar-refractivity contribution in [3.05, 3.63) is 35.4 Å². The number of ether oxygens (including phenoxy) is 1. The molecule has 0 spiro atoms. The van der Waals surface area contributed by atoms with Crippen molar-refractivity contribution in [2.45, 2.75) is 64.8 Å². The smallest absolute Gasteiger partial charge is 0.256 e. The van der Waals surface area contributed by atoms with Gasteiger partial charge in [0.05, 0.1) is 23.3 Å². The molecule has 0 aliphatic carbocycles. The SMILES string of the molecule is CCC(CCNc1nc2ccc(C)cc2cc1C(=O)NC(C)N)NCC1CCCO1. The molecule has 1 saturated heterocycles. The molecule has 0 bridgehead atoms. The van der Waals surface area contributed by atoms with Crippen LogP contribution in [0.1, 0.15) is 55.5 Å². The van der Waals surface area contributed by atoms with Gasteiger partial charge >= 0.3 is 0 Å². The fourth-order valence-electron chi connectivity index (χ4n) is 3.81. The number of benzene rings is 1. The van der Waals surface area contributed by atoms with Crippen molar-refractivity contribution in [2.24, 2.45) is 5.73 Å². The Labute approximate surface area is 179 Å². The van der Waals surface area contributed by atoms with Gasteiger partial charge in [-0.05, 0) is 57.7 Å². The van der Waals surface area contributed by atoms with Crippen LogP contribution in [0.5, 0.6) is 0 Å². The molecule has 2 heterocycles. The van der Waals surface area contributed by atoms with Crippen molar-refractivity contribution < 1.29 is 9.53 Å². The molecule has 1 fully saturated rings.